The molecule has 0 bridgehead atoms. The van der Waals surface area contributed by atoms with Crippen molar-refractivity contribution in [2.45, 2.75) is 31.4 Å². The molecule has 2 unspecified atom stereocenters. The number of anilines is 1. The molecule has 0 aliphatic carbocycles. The summed E-state index contributed by atoms with van der Waals surface area (Å²) in [6, 6.07) is 10.3. The van der Waals surface area contributed by atoms with Crippen LogP contribution in [-0.4, -0.2) is 67.6 Å². The fraction of sp³-hybridized carbons (Fsp3) is 0.429. The van der Waals surface area contributed by atoms with Crippen LogP contribution in [0.2, 0.25) is 0 Å². The van der Waals surface area contributed by atoms with Gasteiger partial charge in [0.15, 0.2) is 11.5 Å². The number of carbonyl (C=O) groups is 1. The second kappa shape index (κ2) is 7.11. The molecule has 5 rings (SSSR count). The van der Waals surface area contributed by atoms with Crippen molar-refractivity contribution in [2.75, 3.05) is 24.5 Å². The molecule has 0 spiro atoms. The van der Waals surface area contributed by atoms with E-state index in [2.05, 4.69) is 37.0 Å². The van der Waals surface area contributed by atoms with Gasteiger partial charge in [-0.2, -0.15) is 0 Å². The summed E-state index contributed by atoms with van der Waals surface area (Å²) in [7, 11) is 0. The molecule has 4 atom stereocenters. The first-order valence-electron chi connectivity index (χ1n) is 10.0. The highest BCUT2D eigenvalue weighted by atomic mass is 16.3. The summed E-state index contributed by atoms with van der Waals surface area (Å²) in [5.74, 6) is 0.972. The van der Waals surface area contributed by atoms with Gasteiger partial charge in [0.2, 0.25) is 5.91 Å². The highest BCUT2D eigenvalue weighted by Gasteiger charge is 2.49. The zero-order valence-electron chi connectivity index (χ0n) is 16.3. The number of H-pyrrole nitrogens is 1. The summed E-state index contributed by atoms with van der Waals surface area (Å²) in [6.45, 7) is 3.45. The summed E-state index contributed by atoms with van der Waals surface area (Å²) in [5.41, 5.74) is 2.61. The summed E-state index contributed by atoms with van der Waals surface area (Å²) >= 11 is 0. The third kappa shape index (κ3) is 3.04. The van der Waals surface area contributed by atoms with E-state index in [0.717, 1.165) is 11.3 Å². The lowest BCUT2D eigenvalue weighted by molar-refractivity contribution is -0.128. The Bertz CT molecular complexity index is 1020. The number of rotatable bonds is 2. The van der Waals surface area contributed by atoms with Crippen molar-refractivity contribution in [3.63, 3.8) is 0 Å². The molecule has 29 heavy (non-hydrogen) atoms. The van der Waals surface area contributed by atoms with Crippen LogP contribution < -0.4 is 4.90 Å². The number of nitrogens with one attached hydrogen (secondary N) is 1. The number of aliphatic hydroxyl groups excluding tert-OH is 1. The topological polar surface area (TPSA) is 98.2 Å². The van der Waals surface area contributed by atoms with Gasteiger partial charge in [0.25, 0.3) is 0 Å². The average molecular weight is 392 g/mol. The Morgan fingerprint density at radius 1 is 1.17 bits per heavy atom. The fourth-order valence-electron chi connectivity index (χ4n) is 5.01. The molecule has 4 heterocycles. The van der Waals surface area contributed by atoms with E-state index in [0.29, 0.717) is 31.7 Å². The molecule has 0 radical (unpaired) electrons. The number of nitrogens with zero attached hydrogens (tertiary/aromatic N) is 5. The Morgan fingerprint density at radius 2 is 2.00 bits per heavy atom. The zero-order valence-corrected chi connectivity index (χ0v) is 16.3. The van der Waals surface area contributed by atoms with E-state index in [1.807, 2.05) is 23.1 Å². The minimum absolute atomic E-state index is 0.00897. The molecular weight excluding hydrogens is 368 g/mol. The molecule has 2 aliphatic heterocycles. The Balaban J connectivity index is 1.62. The van der Waals surface area contributed by atoms with Crippen LogP contribution in [0.4, 0.5) is 5.82 Å². The van der Waals surface area contributed by atoms with Crippen molar-refractivity contribution in [2.24, 2.45) is 5.92 Å². The van der Waals surface area contributed by atoms with Gasteiger partial charge in [0.05, 0.1) is 18.5 Å². The van der Waals surface area contributed by atoms with Gasteiger partial charge >= 0.3 is 0 Å². The van der Waals surface area contributed by atoms with Crippen LogP contribution in [0.15, 0.2) is 43.0 Å². The number of hydrogen-bond donors (Lipinski definition) is 2. The molecule has 2 N–H and O–H groups in total. The summed E-state index contributed by atoms with van der Waals surface area (Å²) < 4.78 is 0. The molecule has 2 fully saturated rings. The third-order valence-electron chi connectivity index (χ3n) is 6.40. The van der Waals surface area contributed by atoms with E-state index in [1.54, 1.807) is 13.3 Å². The predicted molar refractivity (Wildman–Crippen MR) is 108 cm³/mol. The zero-order chi connectivity index (χ0) is 20.0. The Kier molecular flexibility index (Phi) is 4.43. The molecule has 150 valence electrons. The molecule has 0 saturated carbocycles. The van der Waals surface area contributed by atoms with E-state index < -0.39 is 6.10 Å². The predicted octanol–water partition coefficient (Wildman–Crippen LogP) is 1.55. The standard InChI is InChI=1S/C21H24N6O2/c1-13(28)26-8-7-17(29)18-15(14-5-3-2-4-6-14)9-27(16(18)10-26)21-19-20(23-11-22-19)24-12-25-21/h2-6,11-12,15-18,29H,7-10H2,1H3,(H,22,23,24,25)/t15-,16?,17+,18?/m0/s1. The van der Waals surface area contributed by atoms with Crippen molar-refractivity contribution in [1.29, 1.82) is 0 Å². The Hall–Kier alpha value is -3.00. The average Bonchev–Trinajstić information content (AvgIpc) is 3.32. The summed E-state index contributed by atoms with van der Waals surface area (Å²) in [5, 5.41) is 11.1. The molecule has 2 saturated heterocycles. The SMILES string of the molecule is CC(=O)N1CC[C@@H](O)C2C(C1)N(c1ncnc3nc[nH]c13)C[C@H]2c1ccccc1. The maximum Gasteiger partial charge on any atom is 0.219 e. The second-order valence-corrected chi connectivity index (χ2v) is 7.93. The number of benzene rings is 1. The van der Waals surface area contributed by atoms with Crippen LogP contribution in [0.3, 0.4) is 0 Å². The lowest BCUT2D eigenvalue weighted by atomic mass is 9.81. The van der Waals surface area contributed by atoms with Gasteiger partial charge < -0.3 is 19.9 Å². The van der Waals surface area contributed by atoms with Crippen molar-refractivity contribution < 1.29 is 9.90 Å². The number of likely N-dealkylation sites (tertiary alicyclic amines) is 1. The lowest BCUT2D eigenvalue weighted by Crippen LogP contribution is -2.44. The summed E-state index contributed by atoms with van der Waals surface area (Å²) in [6.07, 6.45) is 3.24. The van der Waals surface area contributed by atoms with Crippen LogP contribution in [0.25, 0.3) is 11.2 Å². The first-order chi connectivity index (χ1) is 14.1. The highest BCUT2D eigenvalue weighted by Crippen LogP contribution is 2.44. The van der Waals surface area contributed by atoms with Crippen LogP contribution in [0.5, 0.6) is 0 Å². The van der Waals surface area contributed by atoms with Crippen LogP contribution >= 0.6 is 0 Å². The van der Waals surface area contributed by atoms with Crippen molar-refractivity contribution >= 4 is 22.9 Å². The van der Waals surface area contributed by atoms with Crippen LogP contribution in [0.1, 0.15) is 24.8 Å². The molecule has 8 nitrogen and oxygen atoms in total. The first kappa shape index (κ1) is 18.1. The molecule has 1 aromatic carbocycles. The van der Waals surface area contributed by atoms with Crippen molar-refractivity contribution in [3.8, 4) is 0 Å². The van der Waals surface area contributed by atoms with E-state index in [9.17, 15) is 9.90 Å². The van der Waals surface area contributed by atoms with E-state index >= 15 is 0 Å². The second-order valence-electron chi connectivity index (χ2n) is 7.93. The number of aliphatic hydroxyl groups is 1. The smallest absolute Gasteiger partial charge is 0.219 e. The number of aromatic amines is 1. The first-order valence-corrected chi connectivity index (χ1v) is 10.0. The lowest BCUT2D eigenvalue weighted by Gasteiger charge is -2.32. The van der Waals surface area contributed by atoms with Gasteiger partial charge in [-0.1, -0.05) is 30.3 Å². The Labute approximate surface area is 168 Å². The van der Waals surface area contributed by atoms with Crippen LogP contribution in [0, 0.1) is 5.92 Å². The monoisotopic (exact) mass is 392 g/mol. The molecule has 1 amide bonds. The highest BCUT2D eigenvalue weighted by molar-refractivity contribution is 5.83. The number of hydrogen-bond acceptors (Lipinski definition) is 6. The largest absolute Gasteiger partial charge is 0.393 e. The van der Waals surface area contributed by atoms with E-state index in [-0.39, 0.29) is 23.8 Å². The number of fused-ring (bicyclic) bond motifs is 2. The van der Waals surface area contributed by atoms with Crippen molar-refractivity contribution in [3.05, 3.63) is 48.5 Å². The maximum absolute atomic E-state index is 12.2. The van der Waals surface area contributed by atoms with Gasteiger partial charge in [-0.05, 0) is 12.0 Å². The fourth-order valence-corrected chi connectivity index (χ4v) is 5.01. The van der Waals surface area contributed by atoms with Gasteiger partial charge in [-0.25, -0.2) is 15.0 Å². The van der Waals surface area contributed by atoms with Gasteiger partial charge in [-0.15, -0.1) is 0 Å². The molecule has 2 aliphatic rings. The van der Waals surface area contributed by atoms with Gasteiger partial charge in [0.1, 0.15) is 11.8 Å². The molecule has 3 aromatic rings. The molecule has 8 heteroatoms. The van der Waals surface area contributed by atoms with Gasteiger partial charge in [-0.3, -0.25) is 4.79 Å². The quantitative estimate of drug-likeness (QED) is 0.687. The minimum atomic E-state index is -0.487. The molecule has 2 aromatic heterocycles. The number of amides is 1. The molecular formula is C21H24N6O2. The van der Waals surface area contributed by atoms with E-state index in [4.69, 9.17) is 0 Å². The van der Waals surface area contributed by atoms with Gasteiger partial charge in [0, 0.05) is 38.4 Å². The van der Waals surface area contributed by atoms with Crippen molar-refractivity contribution in [1.82, 2.24) is 24.8 Å². The summed E-state index contributed by atoms with van der Waals surface area (Å²) in [4.78, 5) is 32.5. The van der Waals surface area contributed by atoms with E-state index in [1.165, 1.54) is 11.9 Å². The third-order valence-corrected chi connectivity index (χ3v) is 6.40. The minimum Gasteiger partial charge on any atom is -0.393 e. The number of aromatic nitrogens is 4. The Morgan fingerprint density at radius 3 is 2.79 bits per heavy atom. The maximum atomic E-state index is 12.2. The number of imidazole rings is 1. The van der Waals surface area contributed by atoms with Crippen LogP contribution in [-0.2, 0) is 4.79 Å². The normalized spacial score (nSPS) is 27.1. The number of carbonyl (C=O) groups excluding carboxylic acids is 1.